The van der Waals surface area contributed by atoms with Crippen LogP contribution in [0.2, 0.25) is 0 Å². The highest BCUT2D eigenvalue weighted by Crippen LogP contribution is 2.40. The smallest absolute Gasteiger partial charge is 0.412 e. The van der Waals surface area contributed by atoms with Gasteiger partial charge in [0.2, 0.25) is 11.6 Å². The monoisotopic (exact) mass is 1490 g/mol. The van der Waals surface area contributed by atoms with Crippen LogP contribution in [0.15, 0.2) is 84.9 Å². The predicted molar refractivity (Wildman–Crippen MR) is 391 cm³/mol. The SMILES string of the molecule is COc1cc(F)c([N+](=O)[O-])cc1N.COc1cc(F)c([N+](=O)[O-])cc1NC(=O)OC(C)(C)C.COc1cc(F)ccc1N.COc1cc(F)ccc1[N+](=O)[O-].COc1cc(N(C)CCN(C)C)c(N)cc1NC(=O)OC(C)(C)C.COc1cc(N(C)CCN(C)C)c([N+](=O)[O-])cc1NC(=O)OC(C)(C)C. The van der Waals surface area contributed by atoms with Crippen LogP contribution in [-0.2, 0) is 14.2 Å². The van der Waals surface area contributed by atoms with E-state index in [0.29, 0.717) is 46.5 Å². The number of halogens is 4. The summed E-state index contributed by atoms with van der Waals surface area (Å²) in [5, 5.41) is 50.2. The fourth-order valence-electron chi connectivity index (χ4n) is 7.95. The van der Waals surface area contributed by atoms with Crippen LogP contribution in [0.25, 0.3) is 0 Å². The quantitative estimate of drug-likeness (QED) is 0.0128. The minimum absolute atomic E-state index is 0.0376. The molecule has 38 heteroatoms. The molecule has 0 saturated heterocycles. The van der Waals surface area contributed by atoms with E-state index in [1.54, 1.807) is 93.5 Å². The summed E-state index contributed by atoms with van der Waals surface area (Å²) in [6.07, 6.45) is -2.08. The largest absolute Gasteiger partial charge is 0.494 e. The lowest BCUT2D eigenvalue weighted by atomic mass is 10.2. The van der Waals surface area contributed by atoms with Crippen molar-refractivity contribution >= 4 is 86.5 Å². The highest BCUT2D eigenvalue weighted by molar-refractivity contribution is 5.91. The number of anilines is 8. The molecule has 0 radical (unpaired) electrons. The number of ether oxygens (including phenoxy) is 9. The van der Waals surface area contributed by atoms with E-state index < -0.39 is 83.6 Å². The van der Waals surface area contributed by atoms with Gasteiger partial charge >= 0.3 is 35.3 Å². The Morgan fingerprint density at radius 2 is 0.695 bits per heavy atom. The molecule has 0 heterocycles. The number of carbonyl (C=O) groups excluding carboxylic acids is 3. The molecule has 0 fully saturated rings. The van der Waals surface area contributed by atoms with Crippen LogP contribution in [0, 0.1) is 63.7 Å². The van der Waals surface area contributed by atoms with E-state index >= 15 is 0 Å². The zero-order valence-corrected chi connectivity index (χ0v) is 62.4. The maximum atomic E-state index is 13.4. The van der Waals surface area contributed by atoms with Gasteiger partial charge in [-0.15, -0.1) is 0 Å². The Bertz CT molecular complexity index is 3930. The lowest BCUT2D eigenvalue weighted by Gasteiger charge is -2.25. The first-order chi connectivity index (χ1) is 48.5. The van der Waals surface area contributed by atoms with Crippen molar-refractivity contribution in [3.05, 3.63) is 149 Å². The maximum absolute atomic E-state index is 13.4. The lowest BCUT2D eigenvalue weighted by molar-refractivity contribution is -0.387. The second-order valence-corrected chi connectivity index (χ2v) is 25.3. The number of nitrogens with one attached hydrogen (secondary N) is 3. The molecule has 0 aliphatic rings. The molecule has 6 aromatic carbocycles. The third kappa shape index (κ3) is 32.8. The Balaban J connectivity index is 0.000000649. The summed E-state index contributed by atoms with van der Waals surface area (Å²) in [6.45, 7) is 18.6. The molecule has 0 aromatic heterocycles. The number of hydrogen-bond acceptors (Lipinski definition) is 27. The van der Waals surface area contributed by atoms with Crippen LogP contribution in [0.1, 0.15) is 62.3 Å². The van der Waals surface area contributed by atoms with Gasteiger partial charge in [-0.05, 0) is 115 Å². The summed E-state index contributed by atoms with van der Waals surface area (Å²) in [5.41, 5.74) is 16.0. The van der Waals surface area contributed by atoms with Crippen LogP contribution in [0.5, 0.6) is 34.5 Å². The van der Waals surface area contributed by atoms with E-state index in [2.05, 4.69) is 35.2 Å². The molecule has 6 aromatic rings. The van der Waals surface area contributed by atoms with E-state index in [1.165, 1.54) is 59.8 Å². The highest BCUT2D eigenvalue weighted by atomic mass is 19.1. The lowest BCUT2D eigenvalue weighted by Crippen LogP contribution is -2.29. The van der Waals surface area contributed by atoms with Crippen molar-refractivity contribution in [3.8, 4) is 34.5 Å². The third-order valence-corrected chi connectivity index (χ3v) is 12.8. The van der Waals surface area contributed by atoms with Gasteiger partial charge in [-0.2, -0.15) is 8.78 Å². The molecule has 0 aliphatic carbocycles. The number of nitro benzene ring substituents is 4. The number of carbonyl (C=O) groups is 3. The summed E-state index contributed by atoms with van der Waals surface area (Å²) in [4.78, 5) is 83.4. The Morgan fingerprint density at radius 1 is 0.381 bits per heavy atom. The molecule has 6 rings (SSSR count). The second kappa shape index (κ2) is 41.9. The Morgan fingerprint density at radius 3 is 1.06 bits per heavy atom. The van der Waals surface area contributed by atoms with Crippen molar-refractivity contribution < 1.29 is 94.3 Å². The highest BCUT2D eigenvalue weighted by Gasteiger charge is 2.27. The summed E-state index contributed by atoms with van der Waals surface area (Å²) in [6, 6.07) is 16.9. The average Bonchev–Trinajstić information content (AvgIpc) is 0.817. The molecule has 0 bridgehead atoms. The molecular formula is C67H94F4N14O20. The van der Waals surface area contributed by atoms with Gasteiger partial charge in [0.1, 0.15) is 62.9 Å². The normalized spacial score (nSPS) is 10.6. The van der Waals surface area contributed by atoms with Gasteiger partial charge in [0.15, 0.2) is 5.75 Å². The molecule has 0 atom stereocenters. The zero-order chi connectivity index (χ0) is 80.8. The Hall–Kier alpha value is -11.8. The van der Waals surface area contributed by atoms with E-state index in [1.807, 2.05) is 46.2 Å². The van der Waals surface area contributed by atoms with E-state index in [0.717, 1.165) is 67.8 Å². The van der Waals surface area contributed by atoms with Crippen LogP contribution in [0.4, 0.5) is 100 Å². The molecule has 0 saturated carbocycles. The first-order valence-corrected chi connectivity index (χ1v) is 31.0. The first kappa shape index (κ1) is 91.2. The Labute approximate surface area is 605 Å². The fourth-order valence-corrected chi connectivity index (χ4v) is 7.95. The van der Waals surface area contributed by atoms with E-state index in [9.17, 15) is 72.4 Å². The van der Waals surface area contributed by atoms with Gasteiger partial charge in [-0.1, -0.05) is 0 Å². The molecule has 34 nitrogen and oxygen atoms in total. The van der Waals surface area contributed by atoms with Gasteiger partial charge in [0.05, 0.1) is 102 Å². The van der Waals surface area contributed by atoms with Crippen molar-refractivity contribution in [2.45, 2.75) is 79.1 Å². The third-order valence-electron chi connectivity index (χ3n) is 12.8. The van der Waals surface area contributed by atoms with Gasteiger partial charge in [-0.25, -0.2) is 23.2 Å². The minimum atomic E-state index is -1.05. The van der Waals surface area contributed by atoms with Crippen molar-refractivity contribution in [2.75, 3.05) is 154 Å². The zero-order valence-electron chi connectivity index (χ0n) is 62.4. The summed E-state index contributed by atoms with van der Waals surface area (Å²) < 4.78 is 96.2. The molecule has 105 heavy (non-hydrogen) atoms. The van der Waals surface area contributed by atoms with Crippen LogP contribution in [0.3, 0.4) is 0 Å². The predicted octanol–water partition coefficient (Wildman–Crippen LogP) is 13.1. The molecular weight excluding hydrogens is 1400 g/mol. The summed E-state index contributed by atoms with van der Waals surface area (Å²) in [7, 11) is 19.9. The molecule has 0 spiro atoms. The van der Waals surface area contributed by atoms with Crippen molar-refractivity contribution in [2.24, 2.45) is 0 Å². The van der Waals surface area contributed by atoms with Crippen molar-refractivity contribution in [3.63, 3.8) is 0 Å². The number of hydrogen-bond donors (Lipinski definition) is 6. The molecule has 580 valence electrons. The second-order valence-electron chi connectivity index (χ2n) is 25.3. The molecule has 3 amide bonds. The summed E-state index contributed by atoms with van der Waals surface area (Å²) >= 11 is 0. The topological polar surface area (TPSA) is 434 Å². The number of nitrogens with zero attached hydrogens (tertiary/aromatic N) is 8. The number of nitrogen functional groups attached to an aromatic ring is 3. The molecule has 0 unspecified atom stereocenters. The minimum Gasteiger partial charge on any atom is -0.494 e. The number of methoxy groups -OCH3 is 6. The first-order valence-electron chi connectivity index (χ1n) is 31.0. The van der Waals surface area contributed by atoms with Crippen LogP contribution in [-0.4, -0.2) is 176 Å². The van der Waals surface area contributed by atoms with Gasteiger partial charge < -0.3 is 79.4 Å². The number of likely N-dealkylation sites (N-methyl/N-ethyl adjacent to an activating group) is 4. The summed E-state index contributed by atoms with van der Waals surface area (Å²) in [5.74, 6) is -1.72. The number of nitro groups is 4. The maximum Gasteiger partial charge on any atom is 0.412 e. The Kier molecular flexibility index (Phi) is 36.4. The molecule has 0 aliphatic heterocycles. The van der Waals surface area contributed by atoms with Gasteiger partial charge in [-0.3, -0.25) is 56.4 Å². The standard InChI is InChI=1S/C17H28N4O5.C17H30N4O3.C12H15FN2O5.C7H7FN2O3.C7H6FNO3.C7H8FNO/c1-17(2,3)26-16(22)18-12-10-14(21(23)24)13(11-15(12)25-7)20(6)9-8-19(4)5;1-17(2,3)24-16(22)19-13-10-12(18)14(11-15(13)23-7)21(6)9-8-20(4)5;1-12(2,3)20-11(16)14-8-6-9(15(17)18)7(13)5-10(8)19-4;1-13-7-2-4(8)6(10(11)12)3-5(7)9;1-12-7-4-5(8)2-3-6(7)9(10)11;1-10-7-4-5(8)2-3-6(7)9/h10-11H,8-9H2,1-7H3,(H,18,22);10-11H,8-9,18H2,1-7H3,(H,19,22);5-6H,1-4H3,(H,14,16);2-3H,9H2,1H3;2-4H,1H3;2-4H,9H2,1H3. The van der Waals surface area contributed by atoms with Gasteiger partial charge in [0, 0.05) is 101 Å². The number of benzene rings is 6. The van der Waals surface area contributed by atoms with E-state index in [-0.39, 0.29) is 51.5 Å². The van der Waals surface area contributed by atoms with Crippen LogP contribution < -0.4 is 71.4 Å². The number of rotatable bonds is 21. The van der Waals surface area contributed by atoms with E-state index in [4.69, 9.17) is 50.4 Å². The van der Waals surface area contributed by atoms with Gasteiger partial charge in [0.25, 0.3) is 5.69 Å². The number of nitrogens with two attached hydrogens (primary N) is 3. The fraction of sp³-hybridized carbons (Fsp3) is 0.418. The number of amides is 3. The van der Waals surface area contributed by atoms with Crippen LogP contribution >= 0.6 is 0 Å². The molecule has 9 N–H and O–H groups in total. The van der Waals surface area contributed by atoms with Crippen molar-refractivity contribution in [1.29, 1.82) is 0 Å². The van der Waals surface area contributed by atoms with Crippen molar-refractivity contribution in [1.82, 2.24) is 9.80 Å². The average molecular weight is 1490 g/mol.